The van der Waals surface area contributed by atoms with E-state index in [-0.39, 0.29) is 6.10 Å². The van der Waals surface area contributed by atoms with Crippen LogP contribution >= 0.6 is 11.3 Å². The van der Waals surface area contributed by atoms with E-state index in [9.17, 15) is 5.11 Å². The van der Waals surface area contributed by atoms with E-state index in [4.69, 9.17) is 4.74 Å². The van der Waals surface area contributed by atoms with Gasteiger partial charge in [0.25, 0.3) is 0 Å². The van der Waals surface area contributed by atoms with Gasteiger partial charge in [-0.25, -0.2) is 0 Å². The normalized spacial score (nSPS) is 21.3. The summed E-state index contributed by atoms with van der Waals surface area (Å²) in [6, 6.07) is 2.00. The third-order valence-corrected chi connectivity index (χ3v) is 4.37. The lowest BCUT2D eigenvalue weighted by atomic mass is 9.82. The molecule has 0 aromatic carbocycles. The second-order valence-corrected chi connectivity index (χ2v) is 5.60. The van der Waals surface area contributed by atoms with Gasteiger partial charge in [0.05, 0.1) is 6.10 Å². The number of aliphatic hydroxyl groups excluding tert-OH is 1. The van der Waals surface area contributed by atoms with Crippen molar-refractivity contribution in [2.24, 2.45) is 5.92 Å². The highest BCUT2D eigenvalue weighted by Crippen LogP contribution is 2.34. The van der Waals surface area contributed by atoms with E-state index in [0.29, 0.717) is 12.5 Å². The Hall–Kier alpha value is -0.380. The summed E-state index contributed by atoms with van der Waals surface area (Å²) in [6.45, 7) is 2.69. The van der Waals surface area contributed by atoms with Gasteiger partial charge in [-0.3, -0.25) is 0 Å². The minimum absolute atomic E-state index is 0.0186. The molecule has 2 unspecified atom stereocenters. The molecule has 1 N–H and O–H groups in total. The van der Waals surface area contributed by atoms with E-state index in [1.807, 2.05) is 23.8 Å². The number of rotatable bonds is 5. The van der Waals surface area contributed by atoms with Gasteiger partial charge < -0.3 is 9.84 Å². The molecule has 1 aromatic rings. The van der Waals surface area contributed by atoms with Crippen molar-refractivity contribution in [3.05, 3.63) is 22.4 Å². The highest BCUT2D eigenvalue weighted by atomic mass is 32.1. The molecule has 1 saturated carbocycles. The first kappa shape index (κ1) is 13.1. The maximum atomic E-state index is 10.4. The molecule has 2 atom stereocenters. The largest absolute Gasteiger partial charge is 0.386 e. The molecule has 0 amide bonds. The second kappa shape index (κ2) is 6.53. The van der Waals surface area contributed by atoms with Gasteiger partial charge in [0, 0.05) is 6.61 Å². The van der Waals surface area contributed by atoms with E-state index < -0.39 is 6.10 Å². The molecule has 3 heteroatoms. The topological polar surface area (TPSA) is 29.5 Å². The third kappa shape index (κ3) is 3.30. The van der Waals surface area contributed by atoms with E-state index in [2.05, 4.69) is 0 Å². The highest BCUT2D eigenvalue weighted by Gasteiger charge is 2.31. The van der Waals surface area contributed by atoms with E-state index in [1.54, 1.807) is 11.3 Å². The lowest BCUT2D eigenvalue weighted by molar-refractivity contribution is -0.0737. The maximum Gasteiger partial charge on any atom is 0.106 e. The van der Waals surface area contributed by atoms with Crippen LogP contribution in [0.1, 0.15) is 50.7 Å². The molecular formula is C14H22O2S. The van der Waals surface area contributed by atoms with Gasteiger partial charge >= 0.3 is 0 Å². The van der Waals surface area contributed by atoms with Crippen molar-refractivity contribution >= 4 is 11.3 Å². The predicted molar refractivity (Wildman–Crippen MR) is 71.3 cm³/mol. The summed E-state index contributed by atoms with van der Waals surface area (Å²) in [7, 11) is 0. The fourth-order valence-corrected chi connectivity index (χ4v) is 3.46. The van der Waals surface area contributed by atoms with Crippen molar-refractivity contribution in [1.82, 2.24) is 0 Å². The molecule has 2 rings (SSSR count). The van der Waals surface area contributed by atoms with Crippen molar-refractivity contribution in [2.75, 3.05) is 6.61 Å². The molecule has 0 bridgehead atoms. The zero-order valence-corrected chi connectivity index (χ0v) is 11.3. The van der Waals surface area contributed by atoms with Crippen LogP contribution in [0.5, 0.6) is 0 Å². The molecule has 1 aliphatic rings. The maximum absolute atomic E-state index is 10.4. The first-order valence-electron chi connectivity index (χ1n) is 6.64. The summed E-state index contributed by atoms with van der Waals surface area (Å²) in [5, 5.41) is 14.5. The van der Waals surface area contributed by atoms with Crippen molar-refractivity contribution in [1.29, 1.82) is 0 Å². The van der Waals surface area contributed by atoms with Crippen molar-refractivity contribution in [3.8, 4) is 0 Å². The Kier molecular flexibility index (Phi) is 5.01. The molecule has 2 nitrogen and oxygen atoms in total. The summed E-state index contributed by atoms with van der Waals surface area (Å²) in [5.41, 5.74) is 1.01. The molecule has 1 aromatic heterocycles. The molecule has 0 aliphatic heterocycles. The van der Waals surface area contributed by atoms with Gasteiger partial charge in [0.2, 0.25) is 0 Å². The predicted octanol–water partition coefficient (Wildman–Crippen LogP) is 3.77. The monoisotopic (exact) mass is 254 g/mol. The number of hydrogen-bond acceptors (Lipinski definition) is 3. The first-order valence-corrected chi connectivity index (χ1v) is 7.59. The minimum Gasteiger partial charge on any atom is -0.386 e. The molecule has 0 spiro atoms. The van der Waals surface area contributed by atoms with Gasteiger partial charge in [-0.2, -0.15) is 11.3 Å². The molecular weight excluding hydrogens is 232 g/mol. The van der Waals surface area contributed by atoms with E-state index in [1.165, 1.54) is 32.1 Å². The number of ether oxygens (including phenoxy) is 1. The zero-order chi connectivity index (χ0) is 12.1. The van der Waals surface area contributed by atoms with Crippen molar-refractivity contribution in [2.45, 2.75) is 51.2 Å². The number of thiophene rings is 1. The van der Waals surface area contributed by atoms with E-state index >= 15 is 0 Å². The van der Waals surface area contributed by atoms with Crippen molar-refractivity contribution in [3.63, 3.8) is 0 Å². The second-order valence-electron chi connectivity index (χ2n) is 4.82. The van der Waals surface area contributed by atoms with Gasteiger partial charge in [-0.1, -0.05) is 19.3 Å². The SMILES string of the molecule is CCOC(C1CCCCC1)C(O)c1ccsc1. The summed E-state index contributed by atoms with van der Waals surface area (Å²) >= 11 is 1.63. The molecule has 1 heterocycles. The lowest BCUT2D eigenvalue weighted by Crippen LogP contribution is -2.32. The Bertz CT molecular complexity index is 304. The average Bonchev–Trinajstić information content (AvgIpc) is 2.90. The zero-order valence-electron chi connectivity index (χ0n) is 10.5. The Morgan fingerprint density at radius 2 is 2.18 bits per heavy atom. The van der Waals surface area contributed by atoms with E-state index in [0.717, 1.165) is 5.56 Å². The number of hydrogen-bond donors (Lipinski definition) is 1. The van der Waals surface area contributed by atoms with Crippen LogP contribution in [0, 0.1) is 5.92 Å². The van der Waals surface area contributed by atoms with Gasteiger partial charge in [0.1, 0.15) is 6.10 Å². The van der Waals surface area contributed by atoms with Crippen LogP contribution in [0.4, 0.5) is 0 Å². The summed E-state index contributed by atoms with van der Waals surface area (Å²) in [5.74, 6) is 0.526. The Morgan fingerprint density at radius 3 is 2.76 bits per heavy atom. The van der Waals surface area contributed by atoms with Crippen LogP contribution < -0.4 is 0 Å². The van der Waals surface area contributed by atoms with Crippen LogP contribution in [0.25, 0.3) is 0 Å². The average molecular weight is 254 g/mol. The summed E-state index contributed by atoms with van der Waals surface area (Å²) in [6.07, 6.45) is 5.83. The van der Waals surface area contributed by atoms with Crippen LogP contribution in [0.15, 0.2) is 16.8 Å². The fraction of sp³-hybridized carbons (Fsp3) is 0.714. The number of aliphatic hydroxyl groups is 1. The summed E-state index contributed by atoms with van der Waals surface area (Å²) < 4.78 is 5.82. The minimum atomic E-state index is -0.454. The Balaban J connectivity index is 2.04. The van der Waals surface area contributed by atoms with Crippen LogP contribution in [-0.4, -0.2) is 17.8 Å². The molecule has 0 radical (unpaired) electrons. The van der Waals surface area contributed by atoms with Gasteiger partial charge in [0.15, 0.2) is 0 Å². The van der Waals surface area contributed by atoms with Gasteiger partial charge in [-0.15, -0.1) is 0 Å². The molecule has 0 saturated heterocycles. The van der Waals surface area contributed by atoms with Crippen LogP contribution in [0.2, 0.25) is 0 Å². The van der Waals surface area contributed by atoms with Crippen molar-refractivity contribution < 1.29 is 9.84 Å². The Morgan fingerprint density at radius 1 is 1.41 bits per heavy atom. The molecule has 1 aliphatic carbocycles. The van der Waals surface area contributed by atoms with Gasteiger partial charge in [-0.05, 0) is 48.1 Å². The standard InChI is InChI=1S/C14H22O2S/c1-2-16-14(11-6-4-3-5-7-11)13(15)12-8-9-17-10-12/h8-11,13-15H,2-7H2,1H3. The Labute approximate surface area is 108 Å². The molecule has 17 heavy (non-hydrogen) atoms. The lowest BCUT2D eigenvalue weighted by Gasteiger charge is -2.33. The highest BCUT2D eigenvalue weighted by molar-refractivity contribution is 7.07. The van der Waals surface area contributed by atoms with Crippen LogP contribution in [-0.2, 0) is 4.74 Å². The molecule has 1 fully saturated rings. The first-order chi connectivity index (χ1) is 8.33. The van der Waals surface area contributed by atoms with Crippen LogP contribution in [0.3, 0.4) is 0 Å². The fourth-order valence-electron chi connectivity index (χ4n) is 2.77. The smallest absolute Gasteiger partial charge is 0.106 e. The molecule has 96 valence electrons. The third-order valence-electron chi connectivity index (χ3n) is 3.67. The quantitative estimate of drug-likeness (QED) is 0.866. The summed E-state index contributed by atoms with van der Waals surface area (Å²) in [4.78, 5) is 0.